The van der Waals surface area contributed by atoms with E-state index >= 15 is 0 Å². The predicted molar refractivity (Wildman–Crippen MR) is 60.5 cm³/mol. The molecule has 0 aromatic heterocycles. The summed E-state index contributed by atoms with van der Waals surface area (Å²) in [5.74, 6) is -1.24. The summed E-state index contributed by atoms with van der Waals surface area (Å²) < 4.78 is 51.3. The maximum atomic E-state index is 13.2. The van der Waals surface area contributed by atoms with Gasteiger partial charge in [0.1, 0.15) is 5.82 Å². The lowest BCUT2D eigenvalue weighted by molar-refractivity contribution is -0.139. The van der Waals surface area contributed by atoms with Gasteiger partial charge in [0.2, 0.25) is 0 Å². The molecule has 0 saturated carbocycles. The molecular weight excluding hydrogens is 302 g/mol. The zero-order valence-corrected chi connectivity index (χ0v) is 10.4. The molecule has 1 aromatic carbocycles. The minimum absolute atomic E-state index is 0.366. The summed E-state index contributed by atoms with van der Waals surface area (Å²) in [7, 11) is 0. The van der Waals surface area contributed by atoms with Crippen molar-refractivity contribution in [1.29, 1.82) is 0 Å². The summed E-state index contributed by atoms with van der Waals surface area (Å²) >= 11 is 3.11. The standard InChI is InChI=1S/C11H10BrF4N/c12-8-6-9(13)7(11(14,15)16)5-10(8)17-3-1-2-4-17/h5-6H,1-4H2. The van der Waals surface area contributed by atoms with Crippen LogP contribution in [0, 0.1) is 5.82 Å². The fourth-order valence-electron chi connectivity index (χ4n) is 1.96. The SMILES string of the molecule is Fc1cc(Br)c(N2CCCC2)cc1C(F)(F)F. The molecule has 0 aliphatic carbocycles. The molecule has 1 heterocycles. The van der Waals surface area contributed by atoms with Crippen LogP contribution in [0.15, 0.2) is 16.6 Å². The summed E-state index contributed by atoms with van der Waals surface area (Å²) in [4.78, 5) is 1.83. The third-order valence-electron chi connectivity index (χ3n) is 2.79. The molecule has 1 aliphatic heterocycles. The Balaban J connectivity index is 2.45. The minimum Gasteiger partial charge on any atom is -0.371 e. The van der Waals surface area contributed by atoms with Gasteiger partial charge in [0.05, 0.1) is 11.3 Å². The van der Waals surface area contributed by atoms with E-state index in [9.17, 15) is 17.6 Å². The van der Waals surface area contributed by atoms with E-state index in [0.29, 0.717) is 23.2 Å². The van der Waals surface area contributed by atoms with Crippen molar-refractivity contribution in [2.75, 3.05) is 18.0 Å². The van der Waals surface area contributed by atoms with Crippen molar-refractivity contribution in [2.45, 2.75) is 19.0 Å². The van der Waals surface area contributed by atoms with Crippen LogP contribution in [0.25, 0.3) is 0 Å². The van der Waals surface area contributed by atoms with Gasteiger partial charge in [-0.2, -0.15) is 13.2 Å². The highest BCUT2D eigenvalue weighted by Crippen LogP contribution is 2.38. The zero-order chi connectivity index (χ0) is 12.6. The van der Waals surface area contributed by atoms with Gasteiger partial charge >= 0.3 is 6.18 Å². The summed E-state index contributed by atoms with van der Waals surface area (Å²) in [5, 5.41) is 0. The van der Waals surface area contributed by atoms with E-state index in [4.69, 9.17) is 0 Å². The monoisotopic (exact) mass is 311 g/mol. The van der Waals surface area contributed by atoms with Crippen molar-refractivity contribution in [1.82, 2.24) is 0 Å². The van der Waals surface area contributed by atoms with Crippen molar-refractivity contribution in [3.05, 3.63) is 28.0 Å². The van der Waals surface area contributed by atoms with Gasteiger partial charge in [-0.1, -0.05) is 0 Å². The second kappa shape index (κ2) is 4.48. The molecule has 1 saturated heterocycles. The van der Waals surface area contributed by atoms with Crippen LogP contribution in [0.5, 0.6) is 0 Å². The van der Waals surface area contributed by atoms with Crippen LogP contribution in [-0.2, 0) is 6.18 Å². The normalized spacial score (nSPS) is 16.6. The lowest BCUT2D eigenvalue weighted by atomic mass is 10.1. The Labute approximate surface area is 105 Å². The number of anilines is 1. The quantitative estimate of drug-likeness (QED) is 0.702. The molecular formula is C11H10BrF4N. The molecule has 1 aliphatic rings. The van der Waals surface area contributed by atoms with Crippen LogP contribution in [-0.4, -0.2) is 13.1 Å². The largest absolute Gasteiger partial charge is 0.419 e. The Bertz CT molecular complexity index is 424. The highest BCUT2D eigenvalue weighted by atomic mass is 79.9. The Morgan fingerprint density at radius 2 is 1.71 bits per heavy atom. The second-order valence-corrected chi connectivity index (χ2v) is 4.83. The average molecular weight is 312 g/mol. The molecule has 0 radical (unpaired) electrons. The Hall–Kier alpha value is -0.780. The average Bonchev–Trinajstić information content (AvgIpc) is 2.68. The van der Waals surface area contributed by atoms with Crippen LogP contribution in [0.3, 0.4) is 0 Å². The number of hydrogen-bond acceptors (Lipinski definition) is 1. The summed E-state index contributed by atoms with van der Waals surface area (Å²) in [6.45, 7) is 1.42. The van der Waals surface area contributed by atoms with Gasteiger partial charge in [0.15, 0.2) is 0 Å². The maximum absolute atomic E-state index is 13.2. The first-order valence-corrected chi connectivity index (χ1v) is 6.00. The number of rotatable bonds is 1. The molecule has 0 spiro atoms. The highest BCUT2D eigenvalue weighted by molar-refractivity contribution is 9.10. The van der Waals surface area contributed by atoms with Crippen LogP contribution in [0.1, 0.15) is 18.4 Å². The number of nitrogens with zero attached hydrogens (tertiary/aromatic N) is 1. The van der Waals surface area contributed by atoms with Crippen molar-refractivity contribution >= 4 is 21.6 Å². The molecule has 94 valence electrons. The molecule has 0 atom stereocenters. The molecule has 0 amide bonds. The number of hydrogen-bond donors (Lipinski definition) is 0. The second-order valence-electron chi connectivity index (χ2n) is 3.98. The minimum atomic E-state index is -4.65. The van der Waals surface area contributed by atoms with Crippen LogP contribution < -0.4 is 4.90 Å². The molecule has 1 aromatic rings. The van der Waals surface area contributed by atoms with E-state index in [1.165, 1.54) is 0 Å². The van der Waals surface area contributed by atoms with E-state index < -0.39 is 17.6 Å². The van der Waals surface area contributed by atoms with Crippen molar-refractivity contribution < 1.29 is 17.6 Å². The topological polar surface area (TPSA) is 3.24 Å². The van der Waals surface area contributed by atoms with E-state index in [2.05, 4.69) is 15.9 Å². The fraction of sp³-hybridized carbons (Fsp3) is 0.455. The highest BCUT2D eigenvalue weighted by Gasteiger charge is 2.35. The first-order chi connectivity index (χ1) is 7.89. The molecule has 1 fully saturated rings. The van der Waals surface area contributed by atoms with Crippen molar-refractivity contribution in [2.24, 2.45) is 0 Å². The van der Waals surface area contributed by atoms with Gasteiger partial charge in [-0.15, -0.1) is 0 Å². The van der Waals surface area contributed by atoms with Crippen molar-refractivity contribution in [3.8, 4) is 0 Å². The summed E-state index contributed by atoms with van der Waals surface area (Å²) in [5.41, 5.74) is -0.793. The molecule has 17 heavy (non-hydrogen) atoms. The van der Waals surface area contributed by atoms with Gasteiger partial charge in [-0.05, 0) is 40.9 Å². The van der Waals surface area contributed by atoms with Crippen molar-refractivity contribution in [3.63, 3.8) is 0 Å². The number of benzene rings is 1. The third kappa shape index (κ3) is 2.56. The number of halogens is 5. The van der Waals surface area contributed by atoms with Crippen LogP contribution in [0.4, 0.5) is 23.2 Å². The van der Waals surface area contributed by atoms with Crippen LogP contribution >= 0.6 is 15.9 Å². The molecule has 0 bridgehead atoms. The fourth-order valence-corrected chi connectivity index (χ4v) is 2.52. The molecule has 6 heteroatoms. The molecule has 2 rings (SSSR count). The van der Waals surface area contributed by atoms with Gasteiger partial charge in [0.25, 0.3) is 0 Å². The Kier molecular flexibility index (Phi) is 3.34. The summed E-state index contributed by atoms with van der Waals surface area (Å²) in [6.07, 6.45) is -2.75. The first-order valence-electron chi connectivity index (χ1n) is 5.21. The van der Waals surface area contributed by atoms with E-state index in [1.807, 2.05) is 4.90 Å². The number of alkyl halides is 3. The van der Waals surface area contributed by atoms with Gasteiger partial charge in [-0.25, -0.2) is 4.39 Å². The van der Waals surface area contributed by atoms with E-state index in [1.54, 1.807) is 0 Å². The van der Waals surface area contributed by atoms with Gasteiger partial charge < -0.3 is 4.90 Å². The molecule has 0 N–H and O–H groups in total. The lowest BCUT2D eigenvalue weighted by Gasteiger charge is -2.21. The maximum Gasteiger partial charge on any atom is 0.419 e. The first kappa shape index (κ1) is 12.7. The van der Waals surface area contributed by atoms with Gasteiger partial charge in [0, 0.05) is 17.6 Å². The summed E-state index contributed by atoms with van der Waals surface area (Å²) in [6, 6.07) is 1.77. The Morgan fingerprint density at radius 3 is 2.24 bits per heavy atom. The zero-order valence-electron chi connectivity index (χ0n) is 8.82. The lowest BCUT2D eigenvalue weighted by Crippen LogP contribution is -2.19. The predicted octanol–water partition coefficient (Wildman–Crippen LogP) is 4.21. The van der Waals surface area contributed by atoms with E-state index in [0.717, 1.165) is 25.0 Å². The van der Waals surface area contributed by atoms with Crippen LogP contribution in [0.2, 0.25) is 0 Å². The molecule has 1 nitrogen and oxygen atoms in total. The smallest absolute Gasteiger partial charge is 0.371 e. The Morgan fingerprint density at radius 1 is 1.12 bits per heavy atom. The third-order valence-corrected chi connectivity index (χ3v) is 3.42. The van der Waals surface area contributed by atoms with E-state index in [-0.39, 0.29) is 0 Å². The molecule has 0 unspecified atom stereocenters. The van der Waals surface area contributed by atoms with Gasteiger partial charge in [-0.3, -0.25) is 0 Å².